The van der Waals surface area contributed by atoms with Gasteiger partial charge in [-0.05, 0) is 55.9 Å². The summed E-state index contributed by atoms with van der Waals surface area (Å²) in [6.07, 6.45) is 13.4. The molecule has 2 heterocycles. The Balaban J connectivity index is 1.38. The van der Waals surface area contributed by atoms with E-state index in [1.54, 1.807) is 35.8 Å². The van der Waals surface area contributed by atoms with Gasteiger partial charge in [0.1, 0.15) is 0 Å². The van der Waals surface area contributed by atoms with E-state index in [-0.39, 0.29) is 29.8 Å². The van der Waals surface area contributed by atoms with Crippen LogP contribution < -0.4 is 5.56 Å². The minimum absolute atomic E-state index is 0.102. The van der Waals surface area contributed by atoms with Crippen molar-refractivity contribution in [2.24, 2.45) is 11.3 Å². The predicted molar refractivity (Wildman–Crippen MR) is 134 cm³/mol. The highest BCUT2D eigenvalue weighted by molar-refractivity contribution is 5.95. The molecule has 2 amide bonds. The van der Waals surface area contributed by atoms with Gasteiger partial charge in [-0.1, -0.05) is 32.1 Å². The number of carbonyl (C=O) groups is 2. The largest absolute Gasteiger partial charge is 0.387 e. The van der Waals surface area contributed by atoms with Crippen molar-refractivity contribution in [3.05, 3.63) is 33.7 Å². The molecule has 7 nitrogen and oxygen atoms in total. The molecule has 1 saturated heterocycles. The van der Waals surface area contributed by atoms with Crippen molar-refractivity contribution < 1.29 is 14.7 Å². The highest BCUT2D eigenvalue weighted by Crippen LogP contribution is 2.52. The third-order valence-electron chi connectivity index (χ3n) is 9.42. The lowest BCUT2D eigenvalue weighted by atomic mass is 9.65. The normalized spacial score (nSPS) is 26.1. The second-order valence-electron chi connectivity index (χ2n) is 12.0. The van der Waals surface area contributed by atoms with Crippen LogP contribution in [0, 0.1) is 11.3 Å². The molecule has 1 aromatic rings. The van der Waals surface area contributed by atoms with Gasteiger partial charge in [0, 0.05) is 51.3 Å². The number of hydrogen-bond donors (Lipinski definition) is 1. The van der Waals surface area contributed by atoms with Crippen LogP contribution in [0.3, 0.4) is 0 Å². The van der Waals surface area contributed by atoms with Gasteiger partial charge in [0.05, 0.1) is 17.7 Å². The lowest BCUT2D eigenvalue weighted by Crippen LogP contribution is -2.62. The number of piperidine rings is 1. The van der Waals surface area contributed by atoms with Crippen molar-refractivity contribution in [1.82, 2.24) is 14.4 Å². The maximum atomic E-state index is 13.2. The van der Waals surface area contributed by atoms with Crippen LogP contribution in [-0.4, -0.2) is 64.1 Å². The molecule has 1 N–H and O–H groups in total. The van der Waals surface area contributed by atoms with Crippen molar-refractivity contribution in [3.63, 3.8) is 0 Å². The van der Waals surface area contributed by atoms with Crippen molar-refractivity contribution in [2.75, 3.05) is 27.2 Å². The number of pyridine rings is 1. The fraction of sp³-hybridized carbons (Fsp3) is 0.750. The summed E-state index contributed by atoms with van der Waals surface area (Å²) in [6, 6.07) is 1.62. The molecule has 4 fully saturated rings. The molecule has 35 heavy (non-hydrogen) atoms. The number of nitrogens with zero attached hydrogens (tertiary/aromatic N) is 3. The number of amides is 2. The molecule has 7 heteroatoms. The average molecular weight is 484 g/mol. The van der Waals surface area contributed by atoms with Gasteiger partial charge in [0.15, 0.2) is 0 Å². The summed E-state index contributed by atoms with van der Waals surface area (Å²) in [5.74, 6) is 1.12. The summed E-state index contributed by atoms with van der Waals surface area (Å²) < 4.78 is 1.57. The molecule has 1 aliphatic heterocycles. The summed E-state index contributed by atoms with van der Waals surface area (Å²) in [5.41, 5.74) is -0.193. The van der Waals surface area contributed by atoms with Gasteiger partial charge in [-0.25, -0.2) is 0 Å². The zero-order valence-electron chi connectivity index (χ0n) is 21.4. The SMILES string of the molecule is CN(C)C(=O)c1cn(CC2(O)CCN(C(=O)CCC3CCC3)CC23CCCC3)c(=O)cc1C1CC1. The number of aliphatic hydroxyl groups is 1. The molecular weight excluding hydrogens is 442 g/mol. The molecule has 0 aromatic carbocycles. The number of aromatic nitrogens is 1. The van der Waals surface area contributed by atoms with E-state index < -0.39 is 11.0 Å². The van der Waals surface area contributed by atoms with E-state index in [9.17, 15) is 19.5 Å². The minimum atomic E-state index is -1.07. The zero-order valence-corrected chi connectivity index (χ0v) is 21.4. The first-order valence-corrected chi connectivity index (χ1v) is 13.7. The molecule has 1 spiro atoms. The lowest BCUT2D eigenvalue weighted by Gasteiger charge is -2.52. The van der Waals surface area contributed by atoms with Crippen LogP contribution in [0.25, 0.3) is 0 Å². The van der Waals surface area contributed by atoms with Crippen LogP contribution >= 0.6 is 0 Å². The van der Waals surface area contributed by atoms with Crippen LogP contribution in [0.15, 0.2) is 17.1 Å². The van der Waals surface area contributed by atoms with Gasteiger partial charge in [0.25, 0.3) is 11.5 Å². The highest BCUT2D eigenvalue weighted by atomic mass is 16.3. The van der Waals surface area contributed by atoms with Crippen molar-refractivity contribution in [2.45, 2.75) is 95.1 Å². The average Bonchev–Trinajstić information content (AvgIpc) is 3.53. The molecule has 1 atom stereocenters. The summed E-state index contributed by atoms with van der Waals surface area (Å²) in [5, 5.41) is 12.1. The molecule has 0 radical (unpaired) electrons. The van der Waals surface area contributed by atoms with Crippen LogP contribution in [0.2, 0.25) is 0 Å². The van der Waals surface area contributed by atoms with E-state index in [2.05, 4.69) is 0 Å². The number of rotatable bonds is 7. The Bertz CT molecular complexity index is 1030. The second-order valence-corrected chi connectivity index (χ2v) is 12.0. The zero-order chi connectivity index (χ0) is 24.8. The van der Waals surface area contributed by atoms with Crippen molar-refractivity contribution in [1.29, 1.82) is 0 Å². The van der Waals surface area contributed by atoms with E-state index in [4.69, 9.17) is 0 Å². The summed E-state index contributed by atoms with van der Waals surface area (Å²) >= 11 is 0. The van der Waals surface area contributed by atoms with Crippen molar-refractivity contribution >= 4 is 11.8 Å². The monoisotopic (exact) mass is 483 g/mol. The van der Waals surface area contributed by atoms with E-state index in [1.807, 2.05) is 4.90 Å². The molecule has 1 unspecified atom stereocenters. The maximum absolute atomic E-state index is 13.2. The second kappa shape index (κ2) is 9.38. The fourth-order valence-electron chi connectivity index (χ4n) is 6.72. The number of hydrogen-bond acceptors (Lipinski definition) is 4. The summed E-state index contributed by atoms with van der Waals surface area (Å²) in [6.45, 7) is 1.28. The molecule has 5 rings (SSSR count). The molecular formula is C28H41N3O4. The molecule has 3 aliphatic carbocycles. The third kappa shape index (κ3) is 4.68. The molecule has 1 aromatic heterocycles. The van der Waals surface area contributed by atoms with Crippen molar-refractivity contribution in [3.8, 4) is 0 Å². The molecule has 192 valence electrons. The molecule has 0 bridgehead atoms. The summed E-state index contributed by atoms with van der Waals surface area (Å²) in [4.78, 5) is 42.7. The maximum Gasteiger partial charge on any atom is 0.255 e. The van der Waals surface area contributed by atoms with Crippen LogP contribution in [0.5, 0.6) is 0 Å². The Morgan fingerprint density at radius 2 is 1.80 bits per heavy atom. The first-order chi connectivity index (χ1) is 16.7. The van der Waals surface area contributed by atoms with E-state index in [0.717, 1.165) is 50.5 Å². The Labute approximate surface area is 208 Å². The molecule has 3 saturated carbocycles. The smallest absolute Gasteiger partial charge is 0.255 e. The van der Waals surface area contributed by atoms with E-state index in [0.29, 0.717) is 37.4 Å². The van der Waals surface area contributed by atoms with Gasteiger partial charge in [0.2, 0.25) is 5.91 Å². The van der Waals surface area contributed by atoms with E-state index in [1.165, 1.54) is 19.3 Å². The molecule has 4 aliphatic rings. The third-order valence-corrected chi connectivity index (χ3v) is 9.42. The van der Waals surface area contributed by atoms with Gasteiger partial charge < -0.3 is 19.5 Å². The van der Waals surface area contributed by atoms with E-state index >= 15 is 0 Å². The van der Waals surface area contributed by atoms with Gasteiger partial charge in [-0.2, -0.15) is 0 Å². The number of likely N-dealkylation sites (tertiary alicyclic amines) is 1. The van der Waals surface area contributed by atoms with Crippen LogP contribution in [0.1, 0.15) is 98.9 Å². The quantitative estimate of drug-likeness (QED) is 0.643. The van der Waals surface area contributed by atoms with Gasteiger partial charge in [-0.15, -0.1) is 0 Å². The Hall–Kier alpha value is -2.15. The topological polar surface area (TPSA) is 82.8 Å². The lowest BCUT2D eigenvalue weighted by molar-refractivity contribution is -0.160. The number of carbonyl (C=O) groups excluding carboxylic acids is 2. The standard InChI is InChI=1S/C28H41N3O4/c1-29(2)26(34)23-17-31(25(33)16-22(23)21-9-10-21)19-28(35)14-15-30(18-27(28)12-3-4-13-27)24(32)11-8-20-6-5-7-20/h16-17,20-21,35H,3-15,18-19H2,1-2H3. The highest BCUT2D eigenvalue weighted by Gasteiger charge is 2.55. The minimum Gasteiger partial charge on any atom is -0.387 e. The first-order valence-electron chi connectivity index (χ1n) is 13.7. The van der Waals surface area contributed by atoms with Gasteiger partial charge in [-0.3, -0.25) is 14.4 Å². The fourth-order valence-corrected chi connectivity index (χ4v) is 6.72. The van der Waals surface area contributed by atoms with Crippen LogP contribution in [-0.2, 0) is 11.3 Å². The van der Waals surface area contributed by atoms with Crippen LogP contribution in [0.4, 0.5) is 0 Å². The Morgan fingerprint density at radius 3 is 2.40 bits per heavy atom. The predicted octanol–water partition coefficient (Wildman–Crippen LogP) is 3.53. The van der Waals surface area contributed by atoms with Gasteiger partial charge >= 0.3 is 0 Å². The Morgan fingerprint density at radius 1 is 1.09 bits per heavy atom. The first kappa shape index (κ1) is 24.5. The Kier molecular flexibility index (Phi) is 6.58. The summed E-state index contributed by atoms with van der Waals surface area (Å²) in [7, 11) is 3.46.